The molecule has 1 aromatic heterocycles. The van der Waals surface area contributed by atoms with Crippen LogP contribution in [-0.4, -0.2) is 46.7 Å². The zero-order chi connectivity index (χ0) is 15.6. The molecule has 1 saturated heterocycles. The van der Waals surface area contributed by atoms with Crippen molar-refractivity contribution < 1.29 is 14.1 Å². The van der Waals surface area contributed by atoms with Crippen LogP contribution >= 0.6 is 0 Å². The van der Waals surface area contributed by atoms with Crippen LogP contribution in [0.25, 0.3) is 0 Å². The second-order valence-corrected chi connectivity index (χ2v) is 7.20. The van der Waals surface area contributed by atoms with E-state index in [2.05, 4.69) is 10.1 Å². The first-order chi connectivity index (χ1) is 11.3. The van der Waals surface area contributed by atoms with Gasteiger partial charge in [0.15, 0.2) is 5.82 Å². The Labute approximate surface area is 136 Å². The van der Waals surface area contributed by atoms with Crippen molar-refractivity contribution in [1.82, 2.24) is 15.0 Å². The van der Waals surface area contributed by atoms with E-state index in [0.29, 0.717) is 30.8 Å². The molecule has 1 amide bonds. The van der Waals surface area contributed by atoms with Crippen LogP contribution in [-0.2, 0) is 16.0 Å². The molecule has 6 heteroatoms. The van der Waals surface area contributed by atoms with Gasteiger partial charge in [-0.25, -0.2) is 0 Å². The second kappa shape index (κ2) is 6.59. The van der Waals surface area contributed by atoms with Crippen LogP contribution in [0.4, 0.5) is 0 Å². The highest BCUT2D eigenvalue weighted by molar-refractivity contribution is 5.76. The first-order valence-corrected chi connectivity index (χ1v) is 9.00. The van der Waals surface area contributed by atoms with E-state index in [1.807, 2.05) is 4.90 Å². The molecule has 0 radical (unpaired) electrons. The number of nitrogens with zero attached hydrogens (tertiary/aromatic N) is 3. The fourth-order valence-electron chi connectivity index (χ4n) is 3.18. The molecule has 3 aliphatic rings. The van der Waals surface area contributed by atoms with E-state index in [1.165, 1.54) is 25.7 Å². The van der Waals surface area contributed by atoms with E-state index in [0.717, 1.165) is 44.1 Å². The van der Waals surface area contributed by atoms with E-state index in [4.69, 9.17) is 9.26 Å². The summed E-state index contributed by atoms with van der Waals surface area (Å²) in [6.07, 6.45) is 8.45. The number of hydrogen-bond donors (Lipinski definition) is 0. The largest absolute Gasteiger partial charge is 0.376 e. The zero-order valence-corrected chi connectivity index (χ0v) is 13.6. The van der Waals surface area contributed by atoms with Gasteiger partial charge in [-0.3, -0.25) is 4.79 Å². The summed E-state index contributed by atoms with van der Waals surface area (Å²) in [5, 5.41) is 4.01. The van der Waals surface area contributed by atoms with Gasteiger partial charge in [-0.1, -0.05) is 5.16 Å². The van der Waals surface area contributed by atoms with E-state index in [9.17, 15) is 4.79 Å². The van der Waals surface area contributed by atoms with Crippen LogP contribution in [0.5, 0.6) is 0 Å². The summed E-state index contributed by atoms with van der Waals surface area (Å²) in [7, 11) is 0. The number of ether oxygens (including phenoxy) is 1. The Kier molecular flexibility index (Phi) is 4.33. The van der Waals surface area contributed by atoms with E-state index < -0.39 is 0 Å². The van der Waals surface area contributed by atoms with Crippen LogP contribution in [0.15, 0.2) is 4.52 Å². The van der Waals surface area contributed by atoms with Crippen LogP contribution in [0.3, 0.4) is 0 Å². The summed E-state index contributed by atoms with van der Waals surface area (Å²) in [4.78, 5) is 18.6. The third-order valence-electron chi connectivity index (χ3n) is 4.98. The van der Waals surface area contributed by atoms with Crippen molar-refractivity contribution in [2.75, 3.05) is 19.7 Å². The molecule has 4 rings (SSSR count). The van der Waals surface area contributed by atoms with Crippen molar-refractivity contribution in [3.05, 3.63) is 11.7 Å². The molecule has 1 aromatic rings. The van der Waals surface area contributed by atoms with Gasteiger partial charge in [0.2, 0.25) is 11.8 Å². The molecule has 1 aliphatic heterocycles. The molecule has 3 fully saturated rings. The fraction of sp³-hybridized carbons (Fsp3) is 0.824. The van der Waals surface area contributed by atoms with Crippen molar-refractivity contribution in [3.8, 4) is 0 Å². The highest BCUT2D eigenvalue weighted by Crippen LogP contribution is 2.38. The SMILES string of the molecule is O=C(CC1CC1)N1CCCC(OCCc2noc(C3CC3)n2)C1. The number of carbonyl (C=O) groups is 1. The topological polar surface area (TPSA) is 68.5 Å². The first-order valence-electron chi connectivity index (χ1n) is 9.00. The number of likely N-dealkylation sites (tertiary alicyclic amines) is 1. The predicted molar refractivity (Wildman–Crippen MR) is 82.9 cm³/mol. The summed E-state index contributed by atoms with van der Waals surface area (Å²) in [5.41, 5.74) is 0. The Bertz CT molecular complexity index is 551. The lowest BCUT2D eigenvalue weighted by atomic mass is 10.1. The smallest absolute Gasteiger partial charge is 0.229 e. The minimum absolute atomic E-state index is 0.154. The minimum atomic E-state index is 0.154. The third-order valence-corrected chi connectivity index (χ3v) is 4.98. The minimum Gasteiger partial charge on any atom is -0.376 e. The number of amides is 1. The summed E-state index contributed by atoms with van der Waals surface area (Å²) in [6, 6.07) is 0. The standard InChI is InChI=1S/C17H25N3O3/c21-16(10-12-3-4-12)20-8-1-2-14(11-20)22-9-7-15-18-17(23-19-15)13-5-6-13/h12-14H,1-11H2. The molecule has 2 aliphatic carbocycles. The van der Waals surface area contributed by atoms with Gasteiger partial charge in [0, 0.05) is 31.8 Å². The number of hydrogen-bond acceptors (Lipinski definition) is 5. The maximum atomic E-state index is 12.2. The lowest BCUT2D eigenvalue weighted by Crippen LogP contribution is -2.43. The van der Waals surface area contributed by atoms with E-state index in [-0.39, 0.29) is 6.10 Å². The first kappa shape index (κ1) is 15.1. The Morgan fingerprint density at radius 3 is 2.91 bits per heavy atom. The normalized spacial score (nSPS) is 24.9. The lowest BCUT2D eigenvalue weighted by molar-refractivity contribution is -0.135. The van der Waals surface area contributed by atoms with Gasteiger partial charge < -0.3 is 14.2 Å². The van der Waals surface area contributed by atoms with Gasteiger partial charge in [-0.15, -0.1) is 0 Å². The van der Waals surface area contributed by atoms with Gasteiger partial charge in [0.25, 0.3) is 0 Å². The van der Waals surface area contributed by atoms with E-state index in [1.54, 1.807) is 0 Å². The quantitative estimate of drug-likeness (QED) is 0.771. The maximum Gasteiger partial charge on any atom is 0.229 e. The molecule has 1 unspecified atom stereocenters. The molecule has 126 valence electrons. The Morgan fingerprint density at radius 1 is 1.26 bits per heavy atom. The molecule has 0 N–H and O–H groups in total. The summed E-state index contributed by atoms with van der Waals surface area (Å²) in [5.74, 6) is 3.00. The number of aromatic nitrogens is 2. The van der Waals surface area contributed by atoms with Gasteiger partial charge in [0.05, 0.1) is 12.7 Å². The highest BCUT2D eigenvalue weighted by Gasteiger charge is 2.31. The summed E-state index contributed by atoms with van der Waals surface area (Å²) < 4.78 is 11.2. The number of piperidine rings is 1. The Hall–Kier alpha value is -1.43. The third kappa shape index (κ3) is 4.10. The Balaban J connectivity index is 1.19. The molecule has 6 nitrogen and oxygen atoms in total. The monoisotopic (exact) mass is 319 g/mol. The summed E-state index contributed by atoms with van der Waals surface area (Å²) >= 11 is 0. The number of rotatable bonds is 7. The molecule has 0 bridgehead atoms. The van der Waals surface area contributed by atoms with Crippen molar-refractivity contribution in [1.29, 1.82) is 0 Å². The van der Waals surface area contributed by atoms with Crippen molar-refractivity contribution in [2.45, 2.75) is 63.4 Å². The maximum absolute atomic E-state index is 12.2. The predicted octanol–water partition coefficient (Wildman–Crippen LogP) is 2.30. The molecular formula is C17H25N3O3. The molecular weight excluding hydrogens is 294 g/mol. The van der Waals surface area contributed by atoms with Gasteiger partial charge in [-0.05, 0) is 44.4 Å². The Morgan fingerprint density at radius 2 is 2.13 bits per heavy atom. The molecule has 0 spiro atoms. The van der Waals surface area contributed by atoms with Gasteiger partial charge in [0.1, 0.15) is 0 Å². The van der Waals surface area contributed by atoms with Gasteiger partial charge >= 0.3 is 0 Å². The fourth-order valence-corrected chi connectivity index (χ4v) is 3.18. The van der Waals surface area contributed by atoms with Crippen molar-refractivity contribution in [3.63, 3.8) is 0 Å². The van der Waals surface area contributed by atoms with Crippen molar-refractivity contribution >= 4 is 5.91 Å². The van der Waals surface area contributed by atoms with Crippen molar-refractivity contribution in [2.24, 2.45) is 5.92 Å². The van der Waals surface area contributed by atoms with Crippen LogP contribution < -0.4 is 0 Å². The van der Waals surface area contributed by atoms with Crippen LogP contribution in [0, 0.1) is 5.92 Å². The van der Waals surface area contributed by atoms with Crippen LogP contribution in [0.2, 0.25) is 0 Å². The van der Waals surface area contributed by atoms with E-state index >= 15 is 0 Å². The zero-order valence-electron chi connectivity index (χ0n) is 13.6. The highest BCUT2D eigenvalue weighted by atomic mass is 16.5. The average Bonchev–Trinajstić information content (AvgIpc) is 3.49. The molecule has 2 saturated carbocycles. The second-order valence-electron chi connectivity index (χ2n) is 7.20. The molecule has 1 atom stereocenters. The van der Waals surface area contributed by atoms with Crippen LogP contribution in [0.1, 0.15) is 62.6 Å². The molecule has 23 heavy (non-hydrogen) atoms. The number of carbonyl (C=O) groups excluding carboxylic acids is 1. The summed E-state index contributed by atoms with van der Waals surface area (Å²) in [6.45, 7) is 2.23. The molecule has 2 heterocycles. The lowest BCUT2D eigenvalue weighted by Gasteiger charge is -2.32. The average molecular weight is 319 g/mol. The molecule has 0 aromatic carbocycles. The van der Waals surface area contributed by atoms with Gasteiger partial charge in [-0.2, -0.15) is 4.98 Å².